The van der Waals surface area contributed by atoms with Crippen LogP contribution in [0, 0.1) is 6.92 Å². The molecule has 0 fully saturated rings. The van der Waals surface area contributed by atoms with Crippen molar-refractivity contribution in [2.24, 2.45) is 0 Å². The molecule has 1 aromatic heterocycles. The first-order valence-electron chi connectivity index (χ1n) is 6.28. The summed E-state index contributed by atoms with van der Waals surface area (Å²) in [7, 11) is 0. The van der Waals surface area contributed by atoms with Crippen LogP contribution in [0.3, 0.4) is 0 Å². The van der Waals surface area contributed by atoms with Crippen molar-refractivity contribution in [3.8, 4) is 11.6 Å². The number of aromatic nitrogens is 1. The van der Waals surface area contributed by atoms with Gasteiger partial charge in [-0.1, -0.05) is 0 Å². The first kappa shape index (κ1) is 13.9. The number of carbonyl (C=O) groups excluding carboxylic acids is 1. The van der Waals surface area contributed by atoms with E-state index in [4.69, 9.17) is 15.2 Å². The lowest BCUT2D eigenvalue weighted by Gasteiger charge is -2.11. The zero-order chi connectivity index (χ0) is 14.5. The number of nitrogen functional groups attached to an aromatic ring is 1. The predicted octanol–water partition coefficient (Wildman–Crippen LogP) is 2.94. The molecule has 0 saturated carbocycles. The standard InChI is InChI=1S/C15H16N2O3/c1-3-19-15(18)12-5-4-8-17-14(12)20-13-7-6-11(16)9-10(13)2/h4-9H,3,16H2,1-2H3. The number of esters is 1. The van der Waals surface area contributed by atoms with Gasteiger partial charge >= 0.3 is 5.97 Å². The van der Waals surface area contributed by atoms with E-state index >= 15 is 0 Å². The van der Waals surface area contributed by atoms with Crippen molar-refractivity contribution in [2.45, 2.75) is 13.8 Å². The molecule has 0 radical (unpaired) electrons. The Balaban J connectivity index is 2.31. The number of hydrogen-bond donors (Lipinski definition) is 1. The molecule has 0 unspecified atom stereocenters. The minimum absolute atomic E-state index is 0.221. The van der Waals surface area contributed by atoms with Gasteiger partial charge in [-0.3, -0.25) is 0 Å². The van der Waals surface area contributed by atoms with Gasteiger partial charge in [0, 0.05) is 11.9 Å². The third-order valence-corrected chi connectivity index (χ3v) is 2.67. The van der Waals surface area contributed by atoms with Crippen LogP contribution in [0.2, 0.25) is 0 Å². The van der Waals surface area contributed by atoms with Crippen LogP contribution in [0.25, 0.3) is 0 Å². The van der Waals surface area contributed by atoms with E-state index in [1.54, 1.807) is 43.5 Å². The molecule has 0 aliphatic rings. The quantitative estimate of drug-likeness (QED) is 0.684. The number of pyridine rings is 1. The molecule has 20 heavy (non-hydrogen) atoms. The lowest BCUT2D eigenvalue weighted by molar-refractivity contribution is 0.0522. The number of hydrogen-bond acceptors (Lipinski definition) is 5. The average molecular weight is 272 g/mol. The molecule has 0 atom stereocenters. The van der Waals surface area contributed by atoms with Crippen molar-refractivity contribution in [1.29, 1.82) is 0 Å². The normalized spacial score (nSPS) is 10.1. The highest BCUT2D eigenvalue weighted by molar-refractivity contribution is 5.91. The summed E-state index contributed by atoms with van der Waals surface area (Å²) in [6.07, 6.45) is 1.56. The number of nitrogens with two attached hydrogens (primary N) is 1. The molecule has 5 nitrogen and oxygen atoms in total. The minimum atomic E-state index is -0.455. The van der Waals surface area contributed by atoms with Crippen LogP contribution in [-0.2, 0) is 4.74 Å². The third-order valence-electron chi connectivity index (χ3n) is 2.67. The lowest BCUT2D eigenvalue weighted by Crippen LogP contribution is -2.07. The van der Waals surface area contributed by atoms with Gasteiger partial charge in [-0.25, -0.2) is 9.78 Å². The van der Waals surface area contributed by atoms with E-state index < -0.39 is 5.97 Å². The number of ether oxygens (including phenoxy) is 2. The van der Waals surface area contributed by atoms with E-state index in [9.17, 15) is 4.79 Å². The van der Waals surface area contributed by atoms with Gasteiger partial charge in [-0.15, -0.1) is 0 Å². The summed E-state index contributed by atoms with van der Waals surface area (Å²) in [5.41, 5.74) is 7.51. The number of nitrogens with zero attached hydrogens (tertiary/aromatic N) is 1. The maximum absolute atomic E-state index is 11.8. The molecular weight excluding hydrogens is 256 g/mol. The second-order valence-electron chi connectivity index (χ2n) is 4.20. The van der Waals surface area contributed by atoms with Crippen LogP contribution >= 0.6 is 0 Å². The fraction of sp³-hybridized carbons (Fsp3) is 0.200. The maximum atomic E-state index is 11.8. The predicted molar refractivity (Wildman–Crippen MR) is 75.9 cm³/mol. The second-order valence-corrected chi connectivity index (χ2v) is 4.20. The highest BCUT2D eigenvalue weighted by atomic mass is 16.5. The fourth-order valence-corrected chi connectivity index (χ4v) is 1.73. The molecule has 1 heterocycles. The first-order valence-corrected chi connectivity index (χ1v) is 6.28. The van der Waals surface area contributed by atoms with Gasteiger partial charge < -0.3 is 15.2 Å². The van der Waals surface area contributed by atoms with E-state index in [2.05, 4.69) is 4.98 Å². The van der Waals surface area contributed by atoms with Crippen LogP contribution in [0.4, 0.5) is 5.69 Å². The van der Waals surface area contributed by atoms with Crippen molar-refractivity contribution in [3.63, 3.8) is 0 Å². The zero-order valence-electron chi connectivity index (χ0n) is 11.4. The van der Waals surface area contributed by atoms with E-state index in [1.807, 2.05) is 6.92 Å². The molecule has 1 aromatic carbocycles. The molecule has 0 spiro atoms. The monoisotopic (exact) mass is 272 g/mol. The van der Waals surface area contributed by atoms with Crippen LogP contribution in [0.15, 0.2) is 36.5 Å². The Bertz CT molecular complexity index is 626. The molecule has 0 bridgehead atoms. The van der Waals surface area contributed by atoms with Crippen molar-refractivity contribution in [2.75, 3.05) is 12.3 Å². The smallest absolute Gasteiger partial charge is 0.343 e. The molecule has 0 saturated heterocycles. The Hall–Kier alpha value is -2.56. The maximum Gasteiger partial charge on any atom is 0.343 e. The largest absolute Gasteiger partial charge is 0.462 e. The number of benzene rings is 1. The summed E-state index contributed by atoms with van der Waals surface area (Å²) in [6.45, 7) is 3.92. The molecule has 2 N–H and O–H groups in total. The van der Waals surface area contributed by atoms with Crippen molar-refractivity contribution < 1.29 is 14.3 Å². The van der Waals surface area contributed by atoms with Gasteiger partial charge in [-0.2, -0.15) is 0 Å². The first-order chi connectivity index (χ1) is 9.61. The van der Waals surface area contributed by atoms with E-state index in [0.717, 1.165) is 5.56 Å². The highest BCUT2D eigenvalue weighted by Gasteiger charge is 2.15. The summed E-state index contributed by atoms with van der Waals surface area (Å²) in [4.78, 5) is 15.9. The SMILES string of the molecule is CCOC(=O)c1cccnc1Oc1ccc(N)cc1C. The zero-order valence-corrected chi connectivity index (χ0v) is 11.4. The summed E-state index contributed by atoms with van der Waals surface area (Å²) in [5.74, 6) is 0.367. The summed E-state index contributed by atoms with van der Waals surface area (Å²) in [5, 5.41) is 0. The number of anilines is 1. The molecule has 104 valence electrons. The topological polar surface area (TPSA) is 74.4 Å². The van der Waals surface area contributed by atoms with Gasteiger partial charge in [-0.05, 0) is 49.7 Å². The van der Waals surface area contributed by atoms with Gasteiger partial charge in [0.05, 0.1) is 6.61 Å². The van der Waals surface area contributed by atoms with Gasteiger partial charge in [0.1, 0.15) is 11.3 Å². The summed E-state index contributed by atoms with van der Waals surface area (Å²) in [6, 6.07) is 8.55. The molecular formula is C15H16N2O3. The Morgan fingerprint density at radius 1 is 1.35 bits per heavy atom. The van der Waals surface area contributed by atoms with Crippen molar-refractivity contribution >= 4 is 11.7 Å². The molecule has 0 aliphatic heterocycles. The number of rotatable bonds is 4. The second kappa shape index (κ2) is 6.06. The van der Waals surface area contributed by atoms with E-state index in [1.165, 1.54) is 0 Å². The van der Waals surface area contributed by atoms with E-state index in [0.29, 0.717) is 23.6 Å². The molecule has 0 aliphatic carbocycles. The number of aryl methyl sites for hydroxylation is 1. The highest BCUT2D eigenvalue weighted by Crippen LogP contribution is 2.27. The Kier molecular flexibility index (Phi) is 4.20. The average Bonchev–Trinajstić information content (AvgIpc) is 2.43. The van der Waals surface area contributed by atoms with Crippen LogP contribution in [-0.4, -0.2) is 17.6 Å². The van der Waals surface area contributed by atoms with Gasteiger partial charge in [0.15, 0.2) is 0 Å². The van der Waals surface area contributed by atoms with Gasteiger partial charge in [0.2, 0.25) is 5.88 Å². The Labute approximate surface area is 117 Å². The molecule has 0 amide bonds. The van der Waals surface area contributed by atoms with Crippen molar-refractivity contribution in [3.05, 3.63) is 47.7 Å². The summed E-state index contributed by atoms with van der Waals surface area (Å²) < 4.78 is 10.7. The van der Waals surface area contributed by atoms with Crippen molar-refractivity contribution in [1.82, 2.24) is 4.98 Å². The Morgan fingerprint density at radius 3 is 2.85 bits per heavy atom. The minimum Gasteiger partial charge on any atom is -0.462 e. The number of carbonyl (C=O) groups is 1. The molecule has 2 aromatic rings. The fourth-order valence-electron chi connectivity index (χ4n) is 1.73. The Morgan fingerprint density at radius 2 is 2.15 bits per heavy atom. The summed E-state index contributed by atoms with van der Waals surface area (Å²) >= 11 is 0. The van der Waals surface area contributed by atoms with Crippen LogP contribution < -0.4 is 10.5 Å². The van der Waals surface area contributed by atoms with Crippen LogP contribution in [0.1, 0.15) is 22.8 Å². The molecule has 2 rings (SSSR count). The van der Waals surface area contributed by atoms with Gasteiger partial charge in [0.25, 0.3) is 0 Å². The lowest BCUT2D eigenvalue weighted by atomic mass is 10.2. The van der Waals surface area contributed by atoms with E-state index in [-0.39, 0.29) is 5.88 Å². The molecule has 5 heteroatoms. The third kappa shape index (κ3) is 3.06. The van der Waals surface area contributed by atoms with Crippen LogP contribution in [0.5, 0.6) is 11.6 Å².